The fourth-order valence-corrected chi connectivity index (χ4v) is 1.53. The molecule has 88 valence electrons. The fraction of sp³-hybridized carbons (Fsp3) is 0.364. The van der Waals surface area contributed by atoms with Crippen LogP contribution in [0.1, 0.15) is 24.9 Å². The highest BCUT2D eigenvalue weighted by Gasteiger charge is 2.18. The lowest BCUT2D eigenvalue weighted by Crippen LogP contribution is -2.27. The van der Waals surface area contributed by atoms with Crippen molar-refractivity contribution in [3.63, 3.8) is 0 Å². The smallest absolute Gasteiger partial charge is 0.219 e. The van der Waals surface area contributed by atoms with Gasteiger partial charge in [-0.15, -0.1) is 0 Å². The van der Waals surface area contributed by atoms with E-state index in [9.17, 15) is 13.6 Å². The van der Waals surface area contributed by atoms with Gasteiger partial charge in [0, 0.05) is 18.0 Å². The number of rotatable bonds is 5. The normalized spacial score (nSPS) is 12.4. The van der Waals surface area contributed by atoms with E-state index in [1.165, 1.54) is 12.1 Å². The van der Waals surface area contributed by atoms with Crippen LogP contribution < -0.4 is 11.1 Å². The Balaban J connectivity index is 3.00. The summed E-state index contributed by atoms with van der Waals surface area (Å²) >= 11 is 0. The summed E-state index contributed by atoms with van der Waals surface area (Å²) in [6, 6.07) is 3.29. The molecule has 16 heavy (non-hydrogen) atoms. The third-order valence-corrected chi connectivity index (χ3v) is 2.21. The molecule has 5 heteroatoms. The maximum atomic E-state index is 13.5. The molecular weight excluding hydrogens is 214 g/mol. The maximum Gasteiger partial charge on any atom is 0.219 e. The molecule has 3 N–H and O–H groups in total. The van der Waals surface area contributed by atoms with E-state index in [4.69, 9.17) is 5.73 Å². The molecule has 0 bridgehead atoms. The van der Waals surface area contributed by atoms with Gasteiger partial charge in [0.15, 0.2) is 11.6 Å². The van der Waals surface area contributed by atoms with E-state index in [1.54, 1.807) is 0 Å². The second kappa shape index (κ2) is 5.55. The van der Waals surface area contributed by atoms with Crippen LogP contribution in [0, 0.1) is 11.6 Å². The van der Waals surface area contributed by atoms with Crippen LogP contribution in [0.2, 0.25) is 0 Å². The summed E-state index contributed by atoms with van der Waals surface area (Å²) in [7, 11) is 0. The zero-order valence-corrected chi connectivity index (χ0v) is 8.97. The Morgan fingerprint density at radius 3 is 2.75 bits per heavy atom. The number of primary amides is 1. The van der Waals surface area contributed by atoms with E-state index in [1.807, 2.05) is 6.92 Å². The Bertz CT molecular complexity index is 382. The Hall–Kier alpha value is -1.49. The summed E-state index contributed by atoms with van der Waals surface area (Å²) in [5.74, 6) is -2.42. The number of halogens is 2. The molecule has 1 rings (SSSR count). The van der Waals surface area contributed by atoms with Crippen molar-refractivity contribution in [2.75, 3.05) is 6.54 Å². The van der Waals surface area contributed by atoms with Crippen molar-refractivity contribution in [3.8, 4) is 0 Å². The average Bonchev–Trinajstić information content (AvgIpc) is 2.21. The van der Waals surface area contributed by atoms with Gasteiger partial charge >= 0.3 is 0 Å². The van der Waals surface area contributed by atoms with Gasteiger partial charge < -0.3 is 11.1 Å². The van der Waals surface area contributed by atoms with Crippen LogP contribution >= 0.6 is 0 Å². The first-order chi connectivity index (χ1) is 7.56. The summed E-state index contributed by atoms with van der Waals surface area (Å²) in [6.45, 7) is 2.35. The van der Waals surface area contributed by atoms with Crippen LogP contribution in [0.5, 0.6) is 0 Å². The molecule has 1 amide bonds. The third kappa shape index (κ3) is 3.00. The van der Waals surface area contributed by atoms with Gasteiger partial charge in [0.2, 0.25) is 5.91 Å². The number of carbonyl (C=O) groups excluding carboxylic acids is 1. The van der Waals surface area contributed by atoms with Crippen LogP contribution in [-0.4, -0.2) is 12.5 Å². The number of benzene rings is 1. The van der Waals surface area contributed by atoms with Gasteiger partial charge in [-0.05, 0) is 12.6 Å². The van der Waals surface area contributed by atoms with Gasteiger partial charge in [-0.2, -0.15) is 0 Å². The molecule has 0 aliphatic heterocycles. The average molecular weight is 228 g/mol. The largest absolute Gasteiger partial charge is 0.370 e. The third-order valence-electron chi connectivity index (χ3n) is 2.21. The number of hydrogen-bond donors (Lipinski definition) is 2. The second-order valence-corrected chi connectivity index (χ2v) is 3.42. The van der Waals surface area contributed by atoms with E-state index in [0.717, 1.165) is 6.07 Å². The first kappa shape index (κ1) is 12.6. The highest BCUT2D eigenvalue weighted by Crippen LogP contribution is 2.21. The van der Waals surface area contributed by atoms with Crippen LogP contribution in [0.25, 0.3) is 0 Å². The van der Waals surface area contributed by atoms with Crippen LogP contribution in [-0.2, 0) is 4.79 Å². The summed E-state index contributed by atoms with van der Waals surface area (Å²) < 4.78 is 26.5. The molecule has 3 nitrogen and oxygen atoms in total. The number of nitrogens with two attached hydrogens (primary N) is 1. The molecule has 0 fully saturated rings. The fourth-order valence-electron chi connectivity index (χ4n) is 1.53. The first-order valence-corrected chi connectivity index (χ1v) is 5.01. The highest BCUT2D eigenvalue weighted by atomic mass is 19.2. The van der Waals surface area contributed by atoms with Crippen LogP contribution in [0.15, 0.2) is 18.2 Å². The van der Waals surface area contributed by atoms with Gasteiger partial charge in [0.1, 0.15) is 0 Å². The minimum Gasteiger partial charge on any atom is -0.370 e. The van der Waals surface area contributed by atoms with Crippen LogP contribution in [0.4, 0.5) is 8.78 Å². The van der Waals surface area contributed by atoms with Crippen molar-refractivity contribution >= 4 is 5.91 Å². The van der Waals surface area contributed by atoms with Gasteiger partial charge in [-0.1, -0.05) is 19.1 Å². The Morgan fingerprint density at radius 2 is 2.19 bits per heavy atom. The lowest BCUT2D eigenvalue weighted by molar-refractivity contribution is -0.118. The van der Waals surface area contributed by atoms with Crippen molar-refractivity contribution < 1.29 is 13.6 Å². The van der Waals surface area contributed by atoms with E-state index >= 15 is 0 Å². The Kier molecular flexibility index (Phi) is 4.37. The van der Waals surface area contributed by atoms with Crippen molar-refractivity contribution in [1.82, 2.24) is 5.32 Å². The SMILES string of the molecule is CCNC(CC(N)=O)c1cccc(F)c1F. The van der Waals surface area contributed by atoms with Crippen LogP contribution in [0.3, 0.4) is 0 Å². The van der Waals surface area contributed by atoms with E-state index in [-0.39, 0.29) is 12.0 Å². The topological polar surface area (TPSA) is 55.1 Å². The van der Waals surface area contributed by atoms with Crippen molar-refractivity contribution in [2.45, 2.75) is 19.4 Å². The van der Waals surface area contributed by atoms with Crippen molar-refractivity contribution in [3.05, 3.63) is 35.4 Å². The summed E-state index contributed by atoms with van der Waals surface area (Å²) in [6.07, 6.45) is -0.0613. The lowest BCUT2D eigenvalue weighted by atomic mass is 10.0. The van der Waals surface area contributed by atoms with E-state index < -0.39 is 23.6 Å². The molecule has 0 saturated heterocycles. The predicted octanol–water partition coefficient (Wildman–Crippen LogP) is 1.49. The predicted molar refractivity (Wildman–Crippen MR) is 56.6 cm³/mol. The molecule has 1 aromatic rings. The second-order valence-electron chi connectivity index (χ2n) is 3.42. The molecule has 1 atom stereocenters. The van der Waals surface area contributed by atoms with Gasteiger partial charge in [0.25, 0.3) is 0 Å². The Morgan fingerprint density at radius 1 is 1.50 bits per heavy atom. The van der Waals surface area contributed by atoms with Crippen molar-refractivity contribution in [2.24, 2.45) is 5.73 Å². The monoisotopic (exact) mass is 228 g/mol. The molecule has 0 heterocycles. The molecule has 0 aromatic heterocycles. The number of nitrogens with one attached hydrogen (secondary N) is 1. The van der Waals surface area contributed by atoms with Crippen molar-refractivity contribution in [1.29, 1.82) is 0 Å². The van der Waals surface area contributed by atoms with Gasteiger partial charge in [-0.25, -0.2) is 8.78 Å². The molecule has 0 saturated carbocycles. The maximum absolute atomic E-state index is 13.5. The standard InChI is InChI=1S/C11H14F2N2O/c1-2-15-9(6-10(14)16)7-4-3-5-8(12)11(7)13/h3-5,9,15H,2,6H2,1H3,(H2,14,16). The molecule has 0 spiro atoms. The summed E-state index contributed by atoms with van der Waals surface area (Å²) in [5, 5.41) is 2.89. The van der Waals surface area contributed by atoms with Gasteiger partial charge in [0.05, 0.1) is 0 Å². The van der Waals surface area contributed by atoms with Gasteiger partial charge in [-0.3, -0.25) is 4.79 Å². The number of amides is 1. The quantitative estimate of drug-likeness (QED) is 0.802. The van der Waals surface area contributed by atoms with E-state index in [0.29, 0.717) is 6.54 Å². The minimum atomic E-state index is -0.935. The number of carbonyl (C=O) groups is 1. The molecule has 1 aromatic carbocycles. The molecule has 0 aliphatic rings. The molecule has 0 aliphatic carbocycles. The zero-order chi connectivity index (χ0) is 12.1. The molecule has 1 unspecified atom stereocenters. The van der Waals surface area contributed by atoms with E-state index in [2.05, 4.69) is 5.32 Å². The molecular formula is C11H14F2N2O. The Labute approximate surface area is 92.6 Å². The number of hydrogen-bond acceptors (Lipinski definition) is 2. The summed E-state index contributed by atoms with van der Waals surface area (Å²) in [5.41, 5.74) is 5.18. The molecule has 0 radical (unpaired) electrons. The first-order valence-electron chi connectivity index (χ1n) is 5.01. The zero-order valence-electron chi connectivity index (χ0n) is 8.97. The highest BCUT2D eigenvalue weighted by molar-refractivity contribution is 5.74. The lowest BCUT2D eigenvalue weighted by Gasteiger charge is -2.17. The summed E-state index contributed by atoms with van der Waals surface area (Å²) in [4.78, 5) is 10.8. The minimum absolute atomic E-state index is 0.0613.